The van der Waals surface area contributed by atoms with E-state index >= 15 is 0 Å². The Labute approximate surface area is 50.6 Å². The second kappa shape index (κ2) is 4.39. The fourth-order valence-electron chi connectivity index (χ4n) is 0.433. The van der Waals surface area contributed by atoms with Gasteiger partial charge in [-0.25, -0.2) is 0 Å². The van der Waals surface area contributed by atoms with Crippen LogP contribution >= 0.6 is 0 Å². The minimum atomic E-state index is 1.33. The van der Waals surface area contributed by atoms with Crippen molar-refractivity contribution in [2.45, 2.75) is 26.7 Å². The van der Waals surface area contributed by atoms with Gasteiger partial charge in [-0.2, -0.15) is 5.26 Å². The molecule has 0 saturated carbocycles. The molecule has 0 aromatic rings. The van der Waals surface area contributed by atoms with Crippen LogP contribution in [0.1, 0.15) is 26.7 Å². The molecule has 44 valence electrons. The van der Waals surface area contributed by atoms with Crippen LogP contribution in [0.2, 0.25) is 0 Å². The lowest BCUT2D eigenvalue weighted by molar-refractivity contribution is 0.875. The van der Waals surface area contributed by atoms with Crippen molar-refractivity contribution < 1.29 is 0 Å². The molecule has 1 aliphatic carbocycles. The first-order valence-electron chi connectivity index (χ1n) is 2.77. The Balaban J connectivity index is 0.000000145. The lowest BCUT2D eigenvalue weighted by atomic mass is 10.0. The first-order chi connectivity index (χ1) is 3.81. The Morgan fingerprint density at radius 1 is 1.75 bits per heavy atom. The van der Waals surface area contributed by atoms with Gasteiger partial charge in [-0.05, 0) is 19.8 Å². The first kappa shape index (κ1) is 7.23. The number of allylic oxidation sites excluding steroid dienone is 2. The third-order valence-corrected chi connectivity index (χ3v) is 1.03. The second-order valence-electron chi connectivity index (χ2n) is 1.81. The molecule has 0 amide bonds. The maximum absolute atomic E-state index is 7.32. The van der Waals surface area contributed by atoms with Gasteiger partial charge in [-0.3, -0.25) is 0 Å². The average Bonchev–Trinajstić information content (AvgIpc) is 1.64. The molecule has 1 aliphatic rings. The van der Waals surface area contributed by atoms with Crippen molar-refractivity contribution >= 4 is 0 Å². The summed E-state index contributed by atoms with van der Waals surface area (Å²) in [4.78, 5) is 0. The zero-order valence-electron chi connectivity index (χ0n) is 5.44. The van der Waals surface area contributed by atoms with Gasteiger partial charge in [0, 0.05) is 6.92 Å². The number of nitrogens with zero attached hydrogens (tertiary/aromatic N) is 1. The SMILES string of the molecule is CC#N.CC1=CCC1. The maximum Gasteiger partial charge on any atom is 0.0587 e. The largest absolute Gasteiger partial charge is 0.199 e. The van der Waals surface area contributed by atoms with Crippen LogP contribution in [0.5, 0.6) is 0 Å². The molecule has 0 bridgehead atoms. The molecule has 0 saturated heterocycles. The van der Waals surface area contributed by atoms with E-state index in [0.29, 0.717) is 0 Å². The van der Waals surface area contributed by atoms with Crippen molar-refractivity contribution in [2.75, 3.05) is 0 Å². The average molecular weight is 109 g/mol. The predicted octanol–water partition coefficient (Wildman–Crippen LogP) is 2.26. The minimum Gasteiger partial charge on any atom is -0.199 e. The van der Waals surface area contributed by atoms with Gasteiger partial charge in [0.25, 0.3) is 0 Å². The van der Waals surface area contributed by atoms with Gasteiger partial charge < -0.3 is 0 Å². The summed E-state index contributed by atoms with van der Waals surface area (Å²) in [5.74, 6) is 0. The van der Waals surface area contributed by atoms with Gasteiger partial charge in [0.1, 0.15) is 0 Å². The van der Waals surface area contributed by atoms with Crippen LogP contribution in [0.25, 0.3) is 0 Å². The zero-order chi connectivity index (χ0) is 6.41. The summed E-state index contributed by atoms with van der Waals surface area (Å²) in [5.41, 5.74) is 1.56. The highest BCUT2D eigenvalue weighted by atomic mass is 14.2. The molecule has 0 aromatic heterocycles. The molecule has 0 aromatic carbocycles. The summed E-state index contributed by atoms with van der Waals surface area (Å²) in [6.45, 7) is 3.60. The Bertz CT molecular complexity index is 117. The topological polar surface area (TPSA) is 23.8 Å². The number of hydrogen-bond acceptors (Lipinski definition) is 1. The molecular weight excluding hydrogens is 98.1 g/mol. The molecule has 1 rings (SSSR count). The van der Waals surface area contributed by atoms with E-state index in [1.165, 1.54) is 19.8 Å². The van der Waals surface area contributed by atoms with E-state index in [1.54, 1.807) is 11.6 Å². The molecule has 1 nitrogen and oxygen atoms in total. The van der Waals surface area contributed by atoms with E-state index in [0.717, 1.165) is 0 Å². The monoisotopic (exact) mass is 109 g/mol. The lowest BCUT2D eigenvalue weighted by Gasteiger charge is -2.05. The van der Waals surface area contributed by atoms with E-state index in [9.17, 15) is 0 Å². The van der Waals surface area contributed by atoms with Crippen molar-refractivity contribution in [3.05, 3.63) is 11.6 Å². The van der Waals surface area contributed by atoms with Gasteiger partial charge in [0.2, 0.25) is 0 Å². The number of rotatable bonds is 0. The van der Waals surface area contributed by atoms with E-state index in [1.807, 2.05) is 0 Å². The van der Waals surface area contributed by atoms with Gasteiger partial charge in [0.05, 0.1) is 6.07 Å². The van der Waals surface area contributed by atoms with E-state index in [4.69, 9.17) is 5.26 Å². The van der Waals surface area contributed by atoms with Crippen LogP contribution in [0.3, 0.4) is 0 Å². The maximum atomic E-state index is 7.32. The summed E-state index contributed by atoms with van der Waals surface area (Å²) >= 11 is 0. The van der Waals surface area contributed by atoms with Crippen molar-refractivity contribution in [3.63, 3.8) is 0 Å². The highest BCUT2D eigenvalue weighted by Gasteiger charge is 1.94. The fraction of sp³-hybridized carbons (Fsp3) is 0.571. The summed E-state index contributed by atoms with van der Waals surface area (Å²) < 4.78 is 0. The molecule has 8 heavy (non-hydrogen) atoms. The molecule has 1 heteroatoms. The van der Waals surface area contributed by atoms with Gasteiger partial charge in [0.15, 0.2) is 0 Å². The lowest BCUT2D eigenvalue weighted by Crippen LogP contribution is -1.84. The van der Waals surface area contributed by atoms with Crippen molar-refractivity contribution in [3.8, 4) is 6.07 Å². The molecule has 0 fully saturated rings. The van der Waals surface area contributed by atoms with Crippen LogP contribution in [0.4, 0.5) is 0 Å². The van der Waals surface area contributed by atoms with Gasteiger partial charge >= 0.3 is 0 Å². The van der Waals surface area contributed by atoms with Crippen LogP contribution in [0.15, 0.2) is 11.6 Å². The molecule has 0 aliphatic heterocycles. The highest BCUT2D eigenvalue weighted by Crippen LogP contribution is 2.14. The molecule has 0 atom stereocenters. The standard InChI is InChI=1S/C5H8.C2H3N/c1-5-3-2-4-5;1-2-3/h3H,2,4H2,1H3;1H3. The van der Waals surface area contributed by atoms with Gasteiger partial charge in [-0.1, -0.05) is 11.6 Å². The van der Waals surface area contributed by atoms with E-state index in [2.05, 4.69) is 13.0 Å². The summed E-state index contributed by atoms with van der Waals surface area (Å²) in [7, 11) is 0. The van der Waals surface area contributed by atoms with E-state index in [-0.39, 0.29) is 0 Å². The normalized spacial score (nSPS) is 13.9. The van der Waals surface area contributed by atoms with E-state index < -0.39 is 0 Å². The smallest absolute Gasteiger partial charge is 0.0587 e. The zero-order valence-corrected chi connectivity index (χ0v) is 5.44. The summed E-state index contributed by atoms with van der Waals surface area (Å²) in [6, 6.07) is 1.75. The van der Waals surface area contributed by atoms with Crippen LogP contribution in [0, 0.1) is 11.3 Å². The van der Waals surface area contributed by atoms with Gasteiger partial charge in [-0.15, -0.1) is 0 Å². The minimum absolute atomic E-state index is 1.33. The van der Waals surface area contributed by atoms with Crippen molar-refractivity contribution in [2.24, 2.45) is 0 Å². The second-order valence-corrected chi connectivity index (χ2v) is 1.81. The Morgan fingerprint density at radius 3 is 2.00 bits per heavy atom. The predicted molar refractivity (Wildman–Crippen MR) is 34.3 cm³/mol. The Hall–Kier alpha value is -0.770. The number of nitriles is 1. The summed E-state index contributed by atoms with van der Waals surface area (Å²) in [5, 5.41) is 7.32. The van der Waals surface area contributed by atoms with Crippen LogP contribution in [-0.4, -0.2) is 0 Å². The third kappa shape index (κ3) is 3.42. The van der Waals surface area contributed by atoms with Crippen molar-refractivity contribution in [1.82, 2.24) is 0 Å². The molecule has 0 spiro atoms. The van der Waals surface area contributed by atoms with Crippen LogP contribution in [-0.2, 0) is 0 Å². The highest BCUT2D eigenvalue weighted by molar-refractivity contribution is 5.07. The van der Waals surface area contributed by atoms with Crippen LogP contribution < -0.4 is 0 Å². The Morgan fingerprint density at radius 2 is 2.00 bits per heavy atom. The molecule has 0 unspecified atom stereocenters. The Kier molecular flexibility index (Phi) is 3.97. The molecule has 0 N–H and O–H groups in total. The van der Waals surface area contributed by atoms with Crippen molar-refractivity contribution in [1.29, 1.82) is 5.26 Å². The summed E-state index contributed by atoms with van der Waals surface area (Å²) in [6.07, 6.45) is 4.94. The molecular formula is C7H11N. The first-order valence-corrected chi connectivity index (χ1v) is 2.77. The third-order valence-electron chi connectivity index (χ3n) is 1.03. The fourth-order valence-corrected chi connectivity index (χ4v) is 0.433. The quantitative estimate of drug-likeness (QED) is 0.438. The molecule has 0 radical (unpaired) electrons. The molecule has 0 heterocycles. The number of hydrogen-bond donors (Lipinski definition) is 0.